The topological polar surface area (TPSA) is 155 Å². The summed E-state index contributed by atoms with van der Waals surface area (Å²) in [5, 5.41) is 19.7. The maximum absolute atomic E-state index is 13.8. The first-order valence-corrected chi connectivity index (χ1v) is 12.6. The Kier molecular flexibility index (Phi) is 10.5. The fraction of sp³-hybridized carbons (Fsp3) is 0.435. The first-order valence-electron chi connectivity index (χ1n) is 11.1. The van der Waals surface area contributed by atoms with Gasteiger partial charge in [-0.05, 0) is 55.5 Å². The molecule has 1 atom stereocenters. The van der Waals surface area contributed by atoms with Gasteiger partial charge in [0.15, 0.2) is 0 Å². The van der Waals surface area contributed by atoms with Gasteiger partial charge in [-0.1, -0.05) is 18.2 Å². The third-order valence-corrected chi connectivity index (χ3v) is 8.45. The number of aliphatic carboxylic acids is 1. The van der Waals surface area contributed by atoms with Crippen LogP contribution in [-0.2, 0) is 30.7 Å². The summed E-state index contributed by atoms with van der Waals surface area (Å²) in [5.41, 5.74) is 2.39. The van der Waals surface area contributed by atoms with E-state index in [1.54, 1.807) is 55.3 Å². The largest absolute Gasteiger partial charge is 0.490 e. The van der Waals surface area contributed by atoms with E-state index in [1.165, 1.54) is 12.1 Å². The van der Waals surface area contributed by atoms with Crippen molar-refractivity contribution in [2.24, 2.45) is 5.92 Å². The number of alkyl halides is 3. The molecule has 3 rings (SSSR count). The maximum Gasteiger partial charge on any atom is 0.490 e. The van der Waals surface area contributed by atoms with Gasteiger partial charge in [0.05, 0.1) is 11.0 Å². The number of hydrogen-bond acceptors (Lipinski definition) is 8. The van der Waals surface area contributed by atoms with Crippen LogP contribution in [0.25, 0.3) is 0 Å². The highest BCUT2D eigenvalue weighted by atomic mass is 32.2. The number of rotatable bonds is 8. The number of carbonyl (C=O) groups is 2. The lowest BCUT2D eigenvalue weighted by Gasteiger charge is -2.42. The zero-order valence-electron chi connectivity index (χ0n) is 19.8. The second-order valence-corrected chi connectivity index (χ2v) is 10.3. The van der Waals surface area contributed by atoms with Crippen LogP contribution in [0.3, 0.4) is 0 Å². The third-order valence-electron chi connectivity index (χ3n) is 6.05. The first kappa shape index (κ1) is 30.2. The molecule has 0 unspecified atom stereocenters. The predicted octanol–water partition coefficient (Wildman–Crippen LogP) is 2.69. The number of aromatic nitrogens is 1. The van der Waals surface area contributed by atoms with Gasteiger partial charge in [0, 0.05) is 32.0 Å². The zero-order chi connectivity index (χ0) is 27.7. The molecule has 1 aliphatic rings. The van der Waals surface area contributed by atoms with Crippen LogP contribution in [-0.4, -0.2) is 59.9 Å². The van der Waals surface area contributed by atoms with E-state index in [4.69, 9.17) is 14.6 Å². The number of pyridine rings is 1. The molecular weight excluding hydrogens is 519 g/mol. The van der Waals surface area contributed by atoms with E-state index in [0.717, 1.165) is 5.56 Å². The van der Waals surface area contributed by atoms with E-state index in [0.29, 0.717) is 25.7 Å². The summed E-state index contributed by atoms with van der Waals surface area (Å²) < 4.78 is 64.8. The van der Waals surface area contributed by atoms with Crippen molar-refractivity contribution in [3.63, 3.8) is 0 Å². The van der Waals surface area contributed by atoms with Crippen molar-refractivity contribution in [1.29, 1.82) is 0 Å². The number of ether oxygens (including phenoxy) is 1. The molecule has 0 spiro atoms. The van der Waals surface area contributed by atoms with E-state index in [9.17, 15) is 31.6 Å². The summed E-state index contributed by atoms with van der Waals surface area (Å²) in [5.74, 6) is -4.29. The molecule has 1 heterocycles. The molecule has 0 aliphatic heterocycles. The van der Waals surface area contributed by atoms with Gasteiger partial charge in [0.25, 0.3) is 5.91 Å². The quantitative estimate of drug-likeness (QED) is 0.288. The molecule has 1 aromatic heterocycles. The molecule has 204 valence electrons. The molecule has 0 radical (unpaired) electrons. The molecule has 1 fully saturated rings. The molecule has 0 bridgehead atoms. The smallest absolute Gasteiger partial charge is 0.475 e. The summed E-state index contributed by atoms with van der Waals surface area (Å²) in [6, 6.07) is 11.3. The predicted molar refractivity (Wildman–Crippen MR) is 124 cm³/mol. The van der Waals surface area contributed by atoms with Crippen molar-refractivity contribution in [2.45, 2.75) is 54.3 Å². The van der Waals surface area contributed by atoms with E-state index < -0.39 is 38.7 Å². The highest BCUT2D eigenvalue weighted by molar-refractivity contribution is 7.93. The van der Waals surface area contributed by atoms with Crippen LogP contribution in [0, 0.1) is 5.92 Å². The van der Waals surface area contributed by atoms with Gasteiger partial charge in [0.1, 0.15) is 0 Å². The third kappa shape index (κ3) is 7.25. The molecule has 4 N–H and O–H groups in total. The van der Waals surface area contributed by atoms with Gasteiger partial charge in [-0.3, -0.25) is 20.3 Å². The van der Waals surface area contributed by atoms with Crippen molar-refractivity contribution < 1.29 is 46.2 Å². The van der Waals surface area contributed by atoms with E-state index >= 15 is 0 Å². The number of nitrogens with zero attached hydrogens (tertiary/aromatic N) is 1. The Bertz CT molecular complexity index is 1130. The minimum absolute atomic E-state index is 0.0182. The highest BCUT2D eigenvalue weighted by Gasteiger charge is 2.57. The average Bonchev–Trinajstić information content (AvgIpc) is 2.90. The second-order valence-electron chi connectivity index (χ2n) is 8.21. The van der Waals surface area contributed by atoms with Crippen LogP contribution in [0.15, 0.2) is 59.8 Å². The molecule has 37 heavy (non-hydrogen) atoms. The van der Waals surface area contributed by atoms with E-state index in [-0.39, 0.29) is 17.5 Å². The van der Waals surface area contributed by atoms with Gasteiger partial charge in [-0.2, -0.15) is 13.2 Å². The van der Waals surface area contributed by atoms with Crippen LogP contribution < -0.4 is 10.8 Å². The number of methoxy groups -OCH3 is 1. The molecule has 10 nitrogen and oxygen atoms in total. The Morgan fingerprint density at radius 3 is 2.05 bits per heavy atom. The summed E-state index contributed by atoms with van der Waals surface area (Å²) in [4.78, 5) is 23.9. The van der Waals surface area contributed by atoms with Gasteiger partial charge < -0.3 is 9.84 Å². The Morgan fingerprint density at radius 1 is 1.05 bits per heavy atom. The number of hydroxylamine groups is 1. The van der Waals surface area contributed by atoms with Crippen molar-refractivity contribution >= 4 is 21.7 Å². The number of carboxylic acid groups (broad SMARTS) is 1. The molecule has 2 aromatic rings. The Hall–Kier alpha value is -3.07. The summed E-state index contributed by atoms with van der Waals surface area (Å²) >= 11 is 0. The average molecular weight is 548 g/mol. The number of sulfone groups is 1. The number of carboxylic acids is 1. The Morgan fingerprint density at radius 2 is 1.59 bits per heavy atom. The second kappa shape index (κ2) is 12.9. The minimum atomic E-state index is -5.08. The number of hydrogen-bond donors (Lipinski definition) is 4. The maximum atomic E-state index is 13.8. The fourth-order valence-electron chi connectivity index (χ4n) is 4.15. The van der Waals surface area contributed by atoms with Crippen molar-refractivity contribution in [3.8, 4) is 0 Å². The number of halogens is 3. The van der Waals surface area contributed by atoms with E-state index in [1.807, 2.05) is 0 Å². The van der Waals surface area contributed by atoms with Crippen LogP contribution >= 0.6 is 0 Å². The first-order chi connectivity index (χ1) is 17.4. The van der Waals surface area contributed by atoms with Crippen LogP contribution in [0.2, 0.25) is 0 Å². The highest BCUT2D eigenvalue weighted by Crippen LogP contribution is 2.40. The molecular formula is C23H28F3N3O7S. The lowest BCUT2D eigenvalue weighted by molar-refractivity contribution is -0.192. The minimum Gasteiger partial charge on any atom is -0.475 e. The number of nitrogens with one attached hydrogen (secondary N) is 2. The molecule has 1 amide bonds. The summed E-state index contributed by atoms with van der Waals surface area (Å²) in [7, 11) is -2.58. The van der Waals surface area contributed by atoms with E-state index in [2.05, 4.69) is 10.3 Å². The number of benzene rings is 1. The lowest BCUT2D eigenvalue weighted by Crippen LogP contribution is -2.66. The molecule has 1 saturated carbocycles. The zero-order valence-corrected chi connectivity index (χ0v) is 20.6. The molecule has 14 heteroatoms. The Balaban J connectivity index is 0.000000604. The SMILES string of the molecule is CO[C@H]1CC[C@H]([C@](NCc2ccncc2)(C(=O)NO)S(=O)(=O)c2ccccc2)CC1.O=C(O)C(F)(F)F. The van der Waals surface area contributed by atoms with Crippen molar-refractivity contribution in [2.75, 3.05) is 7.11 Å². The lowest BCUT2D eigenvalue weighted by atomic mass is 9.81. The molecule has 1 aromatic carbocycles. The van der Waals surface area contributed by atoms with Crippen molar-refractivity contribution in [1.82, 2.24) is 15.8 Å². The van der Waals surface area contributed by atoms with Gasteiger partial charge >= 0.3 is 12.1 Å². The van der Waals surface area contributed by atoms with Gasteiger partial charge in [0.2, 0.25) is 14.7 Å². The molecule has 0 saturated heterocycles. The fourth-order valence-corrected chi connectivity index (χ4v) is 6.27. The summed E-state index contributed by atoms with van der Waals surface area (Å²) in [6.45, 7) is 0.117. The number of amides is 1. The Labute approximate surface area is 211 Å². The monoisotopic (exact) mass is 547 g/mol. The van der Waals surface area contributed by atoms with Gasteiger partial charge in [-0.25, -0.2) is 18.7 Å². The van der Waals surface area contributed by atoms with Crippen molar-refractivity contribution in [3.05, 3.63) is 60.4 Å². The molecule has 1 aliphatic carbocycles. The van der Waals surface area contributed by atoms with Crippen LogP contribution in [0.1, 0.15) is 31.2 Å². The number of carbonyl (C=O) groups excluding carboxylic acids is 1. The van der Waals surface area contributed by atoms with Gasteiger partial charge in [-0.15, -0.1) is 0 Å². The normalized spacial score (nSPS) is 19.6. The standard InChI is InChI=1S/C21H27N3O5S.C2HF3O2/c1-29-18-9-7-17(8-10-18)21(20(25)24-26,23-15-16-11-13-22-14-12-16)30(27,28)19-5-3-2-4-6-19;3-2(4,5)1(6)7/h2-6,11-14,17-18,23,26H,7-10,15H2,1H3,(H,24,25);(H,6,7)/t17-,18-,21-;/m1./s1. The summed E-state index contributed by atoms with van der Waals surface area (Å²) in [6.07, 6.45) is 0.311. The van der Waals surface area contributed by atoms with Crippen LogP contribution in [0.5, 0.6) is 0 Å². The van der Waals surface area contributed by atoms with Crippen LogP contribution in [0.4, 0.5) is 13.2 Å².